The van der Waals surface area contributed by atoms with E-state index in [2.05, 4.69) is 10.8 Å². The molecule has 1 heterocycles. The number of carboxylic acid groups (broad SMARTS) is 1. The fourth-order valence-corrected chi connectivity index (χ4v) is 1.83. The van der Waals surface area contributed by atoms with Gasteiger partial charge in [0, 0.05) is 39.0 Å². The van der Waals surface area contributed by atoms with E-state index in [1.807, 2.05) is 0 Å². The van der Waals surface area contributed by atoms with Crippen molar-refractivity contribution in [2.45, 2.75) is 19.3 Å². The van der Waals surface area contributed by atoms with E-state index in [0.717, 1.165) is 13.1 Å². The highest BCUT2D eigenvalue weighted by Crippen LogP contribution is 2.06. The first kappa shape index (κ1) is 13.5. The van der Waals surface area contributed by atoms with E-state index in [0.29, 0.717) is 32.5 Å². The Morgan fingerprint density at radius 3 is 2.35 bits per heavy atom. The highest BCUT2D eigenvalue weighted by Gasteiger charge is 2.20. The Morgan fingerprint density at radius 2 is 1.82 bits per heavy atom. The number of carboxylic acids is 1. The monoisotopic (exact) mass is 238 g/mol. The molecule has 0 aromatic heterocycles. The largest absolute Gasteiger partial charge is 0.481 e. The molecule has 1 aliphatic heterocycles. The Labute approximate surface area is 101 Å². The molecule has 0 aromatic rings. The van der Waals surface area contributed by atoms with Crippen LogP contribution >= 0.6 is 0 Å². The summed E-state index contributed by atoms with van der Waals surface area (Å²) in [5, 5.41) is 8.48. The maximum atomic E-state index is 11.7. The highest BCUT2D eigenvalue weighted by molar-refractivity contribution is 5.77. The van der Waals surface area contributed by atoms with Gasteiger partial charge in [-0.2, -0.15) is 0 Å². The first-order valence-electron chi connectivity index (χ1n) is 5.79. The third kappa shape index (κ3) is 4.87. The second-order valence-electron chi connectivity index (χ2n) is 4.11. The minimum Gasteiger partial charge on any atom is -0.481 e. The van der Waals surface area contributed by atoms with E-state index in [1.165, 1.54) is 0 Å². The third-order valence-electron chi connectivity index (χ3n) is 2.82. The summed E-state index contributed by atoms with van der Waals surface area (Å²) in [5.41, 5.74) is 0. The van der Waals surface area contributed by atoms with Crippen LogP contribution in [0.15, 0.2) is 0 Å². The molecule has 0 atom stereocenters. The second kappa shape index (κ2) is 6.92. The number of piperazine rings is 1. The fourth-order valence-electron chi connectivity index (χ4n) is 1.83. The average molecular weight is 238 g/mol. The van der Waals surface area contributed by atoms with Crippen molar-refractivity contribution in [1.82, 2.24) is 9.80 Å². The molecule has 94 valence electrons. The smallest absolute Gasteiger partial charge is 0.303 e. The summed E-state index contributed by atoms with van der Waals surface area (Å²) in [4.78, 5) is 26.0. The van der Waals surface area contributed by atoms with Crippen molar-refractivity contribution in [3.05, 3.63) is 0 Å². The first-order chi connectivity index (χ1) is 8.13. The minimum absolute atomic E-state index is 0.0478. The van der Waals surface area contributed by atoms with Crippen molar-refractivity contribution in [1.29, 1.82) is 0 Å². The van der Waals surface area contributed by atoms with Crippen LogP contribution in [0.4, 0.5) is 0 Å². The Morgan fingerprint density at radius 1 is 1.18 bits per heavy atom. The molecular formula is C12H18N2O3. The Balaban J connectivity index is 2.22. The molecule has 5 nitrogen and oxygen atoms in total. The number of nitrogens with zero attached hydrogens (tertiary/aromatic N) is 2. The number of carbonyl (C=O) groups is 2. The molecule has 0 radical (unpaired) electrons. The zero-order chi connectivity index (χ0) is 12.7. The highest BCUT2D eigenvalue weighted by atomic mass is 16.4. The van der Waals surface area contributed by atoms with Gasteiger partial charge in [-0.25, -0.2) is 0 Å². The molecular weight excluding hydrogens is 220 g/mol. The molecule has 0 aromatic carbocycles. The summed E-state index contributed by atoms with van der Waals surface area (Å²) in [7, 11) is 0. The van der Waals surface area contributed by atoms with E-state index < -0.39 is 5.97 Å². The van der Waals surface area contributed by atoms with Crippen LogP contribution in [0.3, 0.4) is 0 Å². The van der Waals surface area contributed by atoms with Gasteiger partial charge >= 0.3 is 5.97 Å². The number of rotatable bonds is 5. The van der Waals surface area contributed by atoms with Gasteiger partial charge in [-0.1, -0.05) is 5.92 Å². The van der Waals surface area contributed by atoms with E-state index in [-0.39, 0.29) is 12.3 Å². The van der Waals surface area contributed by atoms with Gasteiger partial charge in [0.2, 0.25) is 5.91 Å². The van der Waals surface area contributed by atoms with Crippen LogP contribution in [0.5, 0.6) is 0 Å². The maximum absolute atomic E-state index is 11.7. The Kier molecular flexibility index (Phi) is 5.50. The lowest BCUT2D eigenvalue weighted by atomic mass is 10.2. The number of terminal acetylenes is 1. The lowest BCUT2D eigenvalue weighted by Crippen LogP contribution is -2.48. The van der Waals surface area contributed by atoms with Crippen molar-refractivity contribution in [3.63, 3.8) is 0 Å². The fraction of sp³-hybridized carbons (Fsp3) is 0.667. The van der Waals surface area contributed by atoms with Crippen molar-refractivity contribution in [2.24, 2.45) is 0 Å². The average Bonchev–Trinajstić information content (AvgIpc) is 2.30. The summed E-state index contributed by atoms with van der Waals surface area (Å²) in [6.45, 7) is 3.60. The molecule has 1 saturated heterocycles. The maximum Gasteiger partial charge on any atom is 0.303 e. The van der Waals surface area contributed by atoms with Crippen LogP contribution in [0.1, 0.15) is 19.3 Å². The van der Waals surface area contributed by atoms with Crippen molar-refractivity contribution < 1.29 is 14.7 Å². The molecule has 0 unspecified atom stereocenters. The normalized spacial score (nSPS) is 16.5. The predicted octanol–water partition coefficient (Wildman–Crippen LogP) is 0.0187. The number of carbonyl (C=O) groups excluding carboxylic acids is 1. The third-order valence-corrected chi connectivity index (χ3v) is 2.82. The van der Waals surface area contributed by atoms with Gasteiger partial charge in [0.05, 0.1) is 6.54 Å². The Hall–Kier alpha value is -1.54. The molecule has 1 fully saturated rings. The van der Waals surface area contributed by atoms with Gasteiger partial charge in [0.1, 0.15) is 0 Å². The second-order valence-corrected chi connectivity index (χ2v) is 4.11. The summed E-state index contributed by atoms with van der Waals surface area (Å²) < 4.78 is 0. The van der Waals surface area contributed by atoms with Crippen LogP contribution in [0.2, 0.25) is 0 Å². The molecule has 0 aliphatic carbocycles. The molecule has 0 saturated carbocycles. The SMILES string of the molecule is C#CCN1CCN(C(=O)CCCC(=O)O)CC1. The molecule has 5 heteroatoms. The van der Waals surface area contributed by atoms with Crippen molar-refractivity contribution >= 4 is 11.9 Å². The number of hydrogen-bond donors (Lipinski definition) is 1. The van der Waals surface area contributed by atoms with Gasteiger partial charge < -0.3 is 10.0 Å². The summed E-state index contributed by atoms with van der Waals surface area (Å²) in [6.07, 6.45) is 6.01. The predicted molar refractivity (Wildman–Crippen MR) is 63.3 cm³/mol. The van der Waals surface area contributed by atoms with Crippen molar-refractivity contribution in [3.8, 4) is 12.3 Å². The van der Waals surface area contributed by atoms with Gasteiger partial charge in [-0.3, -0.25) is 14.5 Å². The zero-order valence-corrected chi connectivity index (χ0v) is 9.89. The molecule has 1 amide bonds. The molecule has 17 heavy (non-hydrogen) atoms. The molecule has 1 aliphatic rings. The summed E-state index contributed by atoms with van der Waals surface area (Å²) in [5.74, 6) is 1.78. The lowest BCUT2D eigenvalue weighted by molar-refractivity contribution is -0.137. The standard InChI is InChI=1S/C12H18N2O3/c1-2-6-13-7-9-14(10-8-13)11(15)4-3-5-12(16)17/h1H,3-10H2,(H,16,17). The Bertz CT molecular complexity index is 314. The number of hydrogen-bond acceptors (Lipinski definition) is 3. The molecule has 0 spiro atoms. The van der Waals surface area contributed by atoms with Crippen molar-refractivity contribution in [2.75, 3.05) is 32.7 Å². The van der Waals surface area contributed by atoms with Gasteiger partial charge in [-0.15, -0.1) is 6.42 Å². The van der Waals surface area contributed by atoms with Crippen LogP contribution in [0, 0.1) is 12.3 Å². The van der Waals surface area contributed by atoms with Gasteiger partial charge in [0.15, 0.2) is 0 Å². The van der Waals surface area contributed by atoms with E-state index in [9.17, 15) is 9.59 Å². The topological polar surface area (TPSA) is 60.9 Å². The van der Waals surface area contributed by atoms with E-state index in [1.54, 1.807) is 4.90 Å². The van der Waals surface area contributed by atoms with Crippen LogP contribution < -0.4 is 0 Å². The van der Waals surface area contributed by atoms with Crippen LogP contribution in [-0.4, -0.2) is 59.5 Å². The van der Waals surface area contributed by atoms with Gasteiger partial charge in [0.25, 0.3) is 0 Å². The molecule has 1 N–H and O–H groups in total. The minimum atomic E-state index is -0.850. The first-order valence-corrected chi connectivity index (χ1v) is 5.79. The lowest BCUT2D eigenvalue weighted by Gasteiger charge is -2.33. The summed E-state index contributed by atoms with van der Waals surface area (Å²) in [6, 6.07) is 0. The van der Waals surface area contributed by atoms with E-state index >= 15 is 0 Å². The number of amides is 1. The van der Waals surface area contributed by atoms with Crippen LogP contribution in [0.25, 0.3) is 0 Å². The molecule has 1 rings (SSSR count). The molecule has 0 bridgehead atoms. The number of aliphatic carboxylic acids is 1. The van der Waals surface area contributed by atoms with Gasteiger partial charge in [-0.05, 0) is 6.42 Å². The quantitative estimate of drug-likeness (QED) is 0.686. The van der Waals surface area contributed by atoms with Crippen LogP contribution in [-0.2, 0) is 9.59 Å². The zero-order valence-electron chi connectivity index (χ0n) is 9.89. The van der Waals surface area contributed by atoms with E-state index in [4.69, 9.17) is 11.5 Å². The summed E-state index contributed by atoms with van der Waals surface area (Å²) >= 11 is 0.